The van der Waals surface area contributed by atoms with Crippen molar-refractivity contribution in [2.24, 2.45) is 17.8 Å². The van der Waals surface area contributed by atoms with Gasteiger partial charge in [-0.25, -0.2) is 0 Å². The van der Waals surface area contributed by atoms with Crippen molar-refractivity contribution in [2.75, 3.05) is 42.6 Å². The third kappa shape index (κ3) is 5.43. The number of hydrogen-bond donors (Lipinski definition) is 1. The molecule has 1 unspecified atom stereocenters. The van der Waals surface area contributed by atoms with Crippen LogP contribution in [0.25, 0.3) is 0 Å². The number of anilines is 2. The first kappa shape index (κ1) is 31.5. The molecule has 1 spiro atoms. The maximum absolute atomic E-state index is 14.7. The zero-order valence-corrected chi connectivity index (χ0v) is 26.4. The molecule has 9 nitrogen and oxygen atoms in total. The highest BCUT2D eigenvalue weighted by Crippen LogP contribution is 2.61. The van der Waals surface area contributed by atoms with Crippen molar-refractivity contribution in [3.8, 4) is 0 Å². The van der Waals surface area contributed by atoms with E-state index < -0.39 is 41.6 Å². The second-order valence-electron chi connectivity index (χ2n) is 11.6. The molecule has 4 rings (SSSR count). The molecule has 41 heavy (non-hydrogen) atoms. The van der Waals surface area contributed by atoms with Crippen LogP contribution in [0.5, 0.6) is 0 Å². The van der Waals surface area contributed by atoms with E-state index in [1.165, 1.54) is 4.90 Å². The summed E-state index contributed by atoms with van der Waals surface area (Å²) < 4.78 is 12.0. The Morgan fingerprint density at radius 2 is 1.85 bits per heavy atom. The fraction of sp³-hybridized carbons (Fsp3) is 0.645. The fourth-order valence-electron chi connectivity index (χ4n) is 7.10. The van der Waals surface area contributed by atoms with Gasteiger partial charge in [0.15, 0.2) is 0 Å². The second kappa shape index (κ2) is 12.8. The number of hydrogen-bond acceptors (Lipinski definition) is 7. The molecule has 7 atom stereocenters. The van der Waals surface area contributed by atoms with E-state index in [9.17, 15) is 19.5 Å². The van der Waals surface area contributed by atoms with Gasteiger partial charge >= 0.3 is 5.97 Å². The lowest BCUT2D eigenvalue weighted by atomic mass is 9.70. The number of halogens is 1. The number of fused-ring (bicyclic) bond motifs is 1. The lowest BCUT2D eigenvalue weighted by molar-refractivity contribution is -0.155. The number of aliphatic hydroxyl groups is 1. The predicted molar refractivity (Wildman–Crippen MR) is 162 cm³/mol. The Hall–Kier alpha value is -2.43. The van der Waals surface area contributed by atoms with Crippen LogP contribution in [0.4, 0.5) is 11.4 Å². The molecule has 0 aliphatic carbocycles. The second-order valence-corrected chi connectivity index (χ2v) is 12.7. The normalized spacial score (nSPS) is 29.0. The van der Waals surface area contributed by atoms with E-state index in [0.29, 0.717) is 18.5 Å². The summed E-state index contributed by atoms with van der Waals surface area (Å²) in [5, 5.41) is 10.5. The summed E-state index contributed by atoms with van der Waals surface area (Å²) >= 11 is 3.69. The highest BCUT2D eigenvalue weighted by molar-refractivity contribution is 9.09. The molecule has 0 saturated carbocycles. The van der Waals surface area contributed by atoms with Crippen LogP contribution in [0.2, 0.25) is 0 Å². The van der Waals surface area contributed by atoms with Crippen molar-refractivity contribution in [3.05, 3.63) is 36.9 Å². The maximum atomic E-state index is 14.7. The third-order valence-electron chi connectivity index (χ3n) is 8.74. The van der Waals surface area contributed by atoms with Crippen LogP contribution in [-0.4, -0.2) is 89.3 Å². The molecule has 10 heteroatoms. The predicted octanol–water partition coefficient (Wildman–Crippen LogP) is 3.77. The van der Waals surface area contributed by atoms with Crippen LogP contribution >= 0.6 is 15.9 Å². The summed E-state index contributed by atoms with van der Waals surface area (Å²) in [6, 6.07) is 6.16. The van der Waals surface area contributed by atoms with Crippen molar-refractivity contribution in [1.29, 1.82) is 0 Å². The number of nitrogens with zero attached hydrogens (tertiary/aromatic N) is 3. The molecular weight excluding hydrogens is 590 g/mol. The molecule has 3 aliphatic rings. The number of amides is 2. The molecule has 0 aromatic heterocycles. The van der Waals surface area contributed by atoms with Crippen LogP contribution in [0.1, 0.15) is 47.5 Å². The Balaban J connectivity index is 1.81. The first-order chi connectivity index (χ1) is 19.6. The number of rotatable bonds is 13. The van der Waals surface area contributed by atoms with Crippen molar-refractivity contribution in [1.82, 2.24) is 4.90 Å². The first-order valence-electron chi connectivity index (χ1n) is 14.8. The summed E-state index contributed by atoms with van der Waals surface area (Å²) in [5.74, 6) is -2.68. The van der Waals surface area contributed by atoms with Gasteiger partial charge in [-0.2, -0.15) is 0 Å². The number of likely N-dealkylation sites (tertiary alicyclic amines) is 1. The molecule has 226 valence electrons. The van der Waals surface area contributed by atoms with Gasteiger partial charge in [-0.05, 0) is 63.8 Å². The van der Waals surface area contributed by atoms with Crippen molar-refractivity contribution in [2.45, 2.75) is 76.1 Å². The lowest BCUT2D eigenvalue weighted by Crippen LogP contribution is -2.59. The van der Waals surface area contributed by atoms with Gasteiger partial charge in [-0.15, -0.1) is 6.58 Å². The van der Waals surface area contributed by atoms with Crippen LogP contribution in [0.3, 0.4) is 0 Å². The Morgan fingerprint density at radius 3 is 2.39 bits per heavy atom. The van der Waals surface area contributed by atoms with E-state index >= 15 is 0 Å². The smallest absolute Gasteiger partial charge is 0.312 e. The van der Waals surface area contributed by atoms with E-state index in [0.717, 1.165) is 18.8 Å². The number of carbonyl (C=O) groups is 3. The topological polar surface area (TPSA) is 99.6 Å². The van der Waals surface area contributed by atoms with Crippen LogP contribution in [-0.2, 0) is 23.9 Å². The van der Waals surface area contributed by atoms with E-state index in [1.807, 2.05) is 38.1 Å². The van der Waals surface area contributed by atoms with Gasteiger partial charge in [0.2, 0.25) is 5.91 Å². The molecule has 3 saturated heterocycles. The number of carbonyl (C=O) groups excluding carboxylic acids is 3. The number of alkyl halides is 1. The highest BCUT2D eigenvalue weighted by Gasteiger charge is 2.77. The van der Waals surface area contributed by atoms with Gasteiger partial charge in [0.25, 0.3) is 5.91 Å². The van der Waals surface area contributed by atoms with E-state index in [2.05, 4.69) is 41.3 Å². The molecule has 2 amide bonds. The third-order valence-corrected chi connectivity index (χ3v) is 9.58. The van der Waals surface area contributed by atoms with Gasteiger partial charge in [0.05, 0.1) is 37.2 Å². The largest absolute Gasteiger partial charge is 0.466 e. The van der Waals surface area contributed by atoms with Crippen molar-refractivity contribution < 1.29 is 29.0 Å². The molecule has 3 heterocycles. The quantitative estimate of drug-likeness (QED) is 0.201. The molecule has 3 fully saturated rings. The van der Waals surface area contributed by atoms with Gasteiger partial charge in [-0.1, -0.05) is 35.9 Å². The van der Waals surface area contributed by atoms with Crippen LogP contribution in [0.15, 0.2) is 36.9 Å². The van der Waals surface area contributed by atoms with Crippen molar-refractivity contribution >= 4 is 45.1 Å². The number of benzene rings is 1. The molecule has 1 N–H and O–H groups in total. The standard InChI is InChI=1S/C31H44BrN3O6/c1-7-15-34(21-13-11-20(12-14-21)33(8-2)9-3)29(38)27-31-17-23(32)26(41-31)24(30(39)40-10-4)25(31)28(37)35(27)22(18-36)16-19(5)6/h7,11-14,19,22-27,36H,1,8-10,15-18H2,2-6H3/t22-,23?,24-,25+,26-,27-,31+/m1/s1. The Kier molecular flexibility index (Phi) is 9.86. The zero-order valence-electron chi connectivity index (χ0n) is 24.8. The molecule has 2 bridgehead atoms. The monoisotopic (exact) mass is 633 g/mol. The Labute approximate surface area is 252 Å². The van der Waals surface area contributed by atoms with E-state index in [4.69, 9.17) is 9.47 Å². The summed E-state index contributed by atoms with van der Waals surface area (Å²) in [4.78, 5) is 47.4. The minimum atomic E-state index is -1.23. The first-order valence-corrected chi connectivity index (χ1v) is 15.7. The highest BCUT2D eigenvalue weighted by atomic mass is 79.9. The minimum Gasteiger partial charge on any atom is -0.466 e. The van der Waals surface area contributed by atoms with Gasteiger partial charge < -0.3 is 29.3 Å². The Morgan fingerprint density at radius 1 is 1.22 bits per heavy atom. The van der Waals surface area contributed by atoms with Gasteiger partial charge in [0, 0.05) is 35.8 Å². The molecule has 1 aromatic rings. The molecule has 3 aliphatic heterocycles. The molecular formula is C31H44BrN3O6. The van der Waals surface area contributed by atoms with Gasteiger partial charge in [-0.3, -0.25) is 14.4 Å². The zero-order chi connectivity index (χ0) is 30.1. The average molecular weight is 635 g/mol. The Bertz CT molecular complexity index is 1130. The summed E-state index contributed by atoms with van der Waals surface area (Å²) in [6.07, 6.45) is 1.96. The summed E-state index contributed by atoms with van der Waals surface area (Å²) in [7, 11) is 0. The van der Waals surface area contributed by atoms with Crippen LogP contribution < -0.4 is 9.80 Å². The average Bonchev–Trinajstić information content (AvgIpc) is 3.54. The number of aliphatic hydroxyl groups excluding tert-OH is 1. The SMILES string of the molecule is C=CCN(C(=O)[C@H]1N([C@@H](CO)CC(C)C)C(=O)[C@@H]2[C@@H](C(=O)OCC)[C@@H]3O[C@@]21CC3Br)c1ccc(N(CC)CC)cc1. The van der Waals surface area contributed by atoms with Crippen molar-refractivity contribution in [3.63, 3.8) is 0 Å². The van der Waals surface area contributed by atoms with Crippen LogP contribution in [0, 0.1) is 17.8 Å². The molecule has 1 aromatic carbocycles. The van der Waals surface area contributed by atoms with Gasteiger partial charge in [0.1, 0.15) is 11.6 Å². The summed E-state index contributed by atoms with van der Waals surface area (Å²) in [5.41, 5.74) is 0.498. The summed E-state index contributed by atoms with van der Waals surface area (Å²) in [6.45, 7) is 15.7. The minimum absolute atomic E-state index is 0.160. The van der Waals surface area contributed by atoms with E-state index in [-0.39, 0.29) is 42.3 Å². The lowest BCUT2D eigenvalue weighted by Gasteiger charge is -2.40. The number of esters is 1. The maximum Gasteiger partial charge on any atom is 0.312 e. The number of ether oxygens (including phenoxy) is 2. The fourth-order valence-corrected chi connectivity index (χ4v) is 8.04. The molecule has 0 radical (unpaired) electrons. The van der Waals surface area contributed by atoms with E-state index in [1.54, 1.807) is 17.9 Å².